The number of hydrogen-bond acceptors (Lipinski definition) is 3. The van der Waals surface area contributed by atoms with Gasteiger partial charge in [-0.3, -0.25) is 9.69 Å². The summed E-state index contributed by atoms with van der Waals surface area (Å²) in [4.78, 5) is 13.9. The molecule has 0 atom stereocenters. The second kappa shape index (κ2) is 8.02. The van der Waals surface area contributed by atoms with E-state index in [2.05, 4.69) is 45.9 Å². The van der Waals surface area contributed by atoms with E-state index in [1.807, 2.05) is 0 Å². The zero-order valence-corrected chi connectivity index (χ0v) is 12.3. The van der Waals surface area contributed by atoms with Crippen LogP contribution in [0.2, 0.25) is 0 Å². The predicted octanol–water partition coefficient (Wildman–Crippen LogP) is 1.23. The van der Waals surface area contributed by atoms with Crippen LogP contribution in [0.25, 0.3) is 0 Å². The lowest BCUT2D eigenvalue weighted by molar-refractivity contribution is -0.120. The number of likely N-dealkylation sites (N-methyl/N-ethyl adjacent to an activating group) is 1. The van der Waals surface area contributed by atoms with Crippen LogP contribution in [0.1, 0.15) is 18.4 Å². The molecular formula is C16H25N3O. The first-order valence-electron chi connectivity index (χ1n) is 7.45. The Morgan fingerprint density at radius 3 is 2.60 bits per heavy atom. The second-order valence-electron chi connectivity index (χ2n) is 5.54. The molecule has 0 unspecified atom stereocenters. The van der Waals surface area contributed by atoms with Crippen molar-refractivity contribution < 1.29 is 4.79 Å². The molecule has 0 spiro atoms. The minimum absolute atomic E-state index is 0.0965. The molecule has 1 amide bonds. The van der Waals surface area contributed by atoms with Gasteiger partial charge in [0.15, 0.2) is 0 Å². The monoisotopic (exact) mass is 275 g/mol. The molecule has 1 aromatic carbocycles. The number of nitrogens with zero attached hydrogens (tertiary/aromatic N) is 1. The number of amides is 1. The quantitative estimate of drug-likeness (QED) is 0.821. The van der Waals surface area contributed by atoms with E-state index in [1.165, 1.54) is 18.4 Å². The van der Waals surface area contributed by atoms with Crippen LogP contribution in [0.15, 0.2) is 30.3 Å². The molecule has 2 rings (SSSR count). The van der Waals surface area contributed by atoms with Crippen molar-refractivity contribution in [3.63, 3.8) is 0 Å². The Kier molecular flexibility index (Phi) is 6.02. The Morgan fingerprint density at radius 1 is 1.25 bits per heavy atom. The minimum Gasteiger partial charge on any atom is -0.355 e. The molecule has 0 aliphatic carbocycles. The molecule has 1 saturated heterocycles. The van der Waals surface area contributed by atoms with E-state index >= 15 is 0 Å². The highest BCUT2D eigenvalue weighted by Crippen LogP contribution is 2.18. The molecule has 2 N–H and O–H groups in total. The van der Waals surface area contributed by atoms with Crippen LogP contribution in [0.3, 0.4) is 0 Å². The zero-order chi connectivity index (χ0) is 14.2. The first kappa shape index (κ1) is 15.0. The Hall–Kier alpha value is -1.39. The number of likely N-dealkylation sites (tertiary alicyclic amines) is 1. The van der Waals surface area contributed by atoms with Gasteiger partial charge in [0, 0.05) is 13.1 Å². The van der Waals surface area contributed by atoms with Crippen molar-refractivity contribution in [2.45, 2.75) is 19.4 Å². The largest absolute Gasteiger partial charge is 0.355 e. The van der Waals surface area contributed by atoms with E-state index in [0.717, 1.165) is 26.2 Å². The summed E-state index contributed by atoms with van der Waals surface area (Å²) in [6.45, 7) is 4.52. The normalized spacial score (nSPS) is 17.1. The number of benzene rings is 1. The minimum atomic E-state index is 0.0965. The van der Waals surface area contributed by atoms with Crippen LogP contribution in [0, 0.1) is 5.92 Å². The Balaban J connectivity index is 1.66. The van der Waals surface area contributed by atoms with Crippen LogP contribution in [0.5, 0.6) is 0 Å². The number of nitrogens with one attached hydrogen (secondary N) is 2. The molecule has 1 fully saturated rings. The van der Waals surface area contributed by atoms with Gasteiger partial charge in [0.1, 0.15) is 0 Å². The summed E-state index contributed by atoms with van der Waals surface area (Å²) >= 11 is 0. The van der Waals surface area contributed by atoms with E-state index in [4.69, 9.17) is 0 Å². The van der Waals surface area contributed by atoms with Crippen molar-refractivity contribution in [2.75, 3.05) is 33.2 Å². The van der Waals surface area contributed by atoms with Crippen molar-refractivity contribution in [3.8, 4) is 0 Å². The standard InChI is InChI=1S/C16H25N3O/c1-17-12-16(20)18-11-14-7-9-19(10-8-14)13-15-5-3-2-4-6-15/h2-6,14,17H,7-13H2,1H3,(H,18,20). The van der Waals surface area contributed by atoms with E-state index in [9.17, 15) is 4.79 Å². The van der Waals surface area contributed by atoms with Crippen LogP contribution in [0.4, 0.5) is 0 Å². The summed E-state index contributed by atoms with van der Waals surface area (Å²) in [7, 11) is 1.79. The lowest BCUT2D eigenvalue weighted by Crippen LogP contribution is -2.40. The molecular weight excluding hydrogens is 250 g/mol. The molecule has 0 radical (unpaired) electrons. The SMILES string of the molecule is CNCC(=O)NCC1CCN(Cc2ccccc2)CC1. The molecule has 0 saturated carbocycles. The summed E-state index contributed by atoms with van der Waals surface area (Å²) in [6, 6.07) is 10.6. The van der Waals surface area contributed by atoms with E-state index in [-0.39, 0.29) is 5.91 Å². The fourth-order valence-electron chi connectivity index (χ4n) is 2.67. The van der Waals surface area contributed by atoms with Crippen molar-refractivity contribution in [3.05, 3.63) is 35.9 Å². The van der Waals surface area contributed by atoms with Gasteiger partial charge in [-0.05, 0) is 44.5 Å². The van der Waals surface area contributed by atoms with E-state index in [1.54, 1.807) is 7.05 Å². The molecule has 0 aromatic heterocycles. The lowest BCUT2D eigenvalue weighted by atomic mass is 9.96. The summed E-state index contributed by atoms with van der Waals surface area (Å²) < 4.78 is 0. The molecule has 4 heteroatoms. The average Bonchev–Trinajstić information content (AvgIpc) is 2.48. The third kappa shape index (κ3) is 4.94. The number of piperidine rings is 1. The topological polar surface area (TPSA) is 44.4 Å². The van der Waals surface area contributed by atoms with Gasteiger partial charge in [0.2, 0.25) is 5.91 Å². The first-order chi connectivity index (χ1) is 9.78. The van der Waals surface area contributed by atoms with E-state index < -0.39 is 0 Å². The maximum absolute atomic E-state index is 11.4. The number of rotatable bonds is 6. The molecule has 0 bridgehead atoms. The maximum Gasteiger partial charge on any atom is 0.233 e. The van der Waals surface area contributed by atoms with Crippen molar-refractivity contribution in [1.82, 2.24) is 15.5 Å². The summed E-state index contributed by atoms with van der Waals surface area (Å²) in [5.74, 6) is 0.724. The molecule has 1 aromatic rings. The van der Waals surface area contributed by atoms with Crippen molar-refractivity contribution in [2.24, 2.45) is 5.92 Å². The fourth-order valence-corrected chi connectivity index (χ4v) is 2.67. The molecule has 1 aliphatic heterocycles. The van der Waals surface area contributed by atoms with Crippen LogP contribution >= 0.6 is 0 Å². The Bertz CT molecular complexity index is 399. The molecule has 4 nitrogen and oxygen atoms in total. The maximum atomic E-state index is 11.4. The number of hydrogen-bond donors (Lipinski definition) is 2. The van der Waals surface area contributed by atoms with Gasteiger partial charge < -0.3 is 10.6 Å². The van der Waals surface area contributed by atoms with Crippen molar-refractivity contribution >= 4 is 5.91 Å². The smallest absolute Gasteiger partial charge is 0.233 e. The zero-order valence-electron chi connectivity index (χ0n) is 12.3. The van der Waals surface area contributed by atoms with Gasteiger partial charge in [0.05, 0.1) is 6.54 Å². The van der Waals surface area contributed by atoms with Crippen LogP contribution < -0.4 is 10.6 Å². The molecule has 110 valence electrons. The third-order valence-corrected chi connectivity index (χ3v) is 3.88. The van der Waals surface area contributed by atoms with Gasteiger partial charge in [0.25, 0.3) is 0 Å². The lowest BCUT2D eigenvalue weighted by Gasteiger charge is -2.32. The highest BCUT2D eigenvalue weighted by Gasteiger charge is 2.19. The van der Waals surface area contributed by atoms with Gasteiger partial charge in [-0.25, -0.2) is 0 Å². The van der Waals surface area contributed by atoms with Gasteiger partial charge >= 0.3 is 0 Å². The summed E-state index contributed by atoms with van der Waals surface area (Å²) in [5.41, 5.74) is 1.38. The van der Waals surface area contributed by atoms with E-state index in [0.29, 0.717) is 12.5 Å². The third-order valence-electron chi connectivity index (χ3n) is 3.88. The molecule has 1 heterocycles. The highest BCUT2D eigenvalue weighted by atomic mass is 16.1. The van der Waals surface area contributed by atoms with Gasteiger partial charge in [-0.1, -0.05) is 30.3 Å². The number of carbonyl (C=O) groups is 1. The highest BCUT2D eigenvalue weighted by molar-refractivity contribution is 5.77. The molecule has 1 aliphatic rings. The summed E-state index contributed by atoms with van der Waals surface area (Å²) in [5, 5.41) is 5.87. The number of carbonyl (C=O) groups excluding carboxylic acids is 1. The Labute approximate surface area is 121 Å². The van der Waals surface area contributed by atoms with Crippen LogP contribution in [-0.4, -0.2) is 44.0 Å². The second-order valence-corrected chi connectivity index (χ2v) is 5.54. The first-order valence-corrected chi connectivity index (χ1v) is 7.45. The fraction of sp³-hybridized carbons (Fsp3) is 0.562. The van der Waals surface area contributed by atoms with Gasteiger partial charge in [-0.2, -0.15) is 0 Å². The van der Waals surface area contributed by atoms with Gasteiger partial charge in [-0.15, -0.1) is 0 Å². The Morgan fingerprint density at radius 2 is 1.95 bits per heavy atom. The summed E-state index contributed by atoms with van der Waals surface area (Å²) in [6.07, 6.45) is 2.35. The average molecular weight is 275 g/mol. The molecule has 20 heavy (non-hydrogen) atoms. The van der Waals surface area contributed by atoms with Crippen LogP contribution in [-0.2, 0) is 11.3 Å². The van der Waals surface area contributed by atoms with Crippen molar-refractivity contribution in [1.29, 1.82) is 0 Å². The predicted molar refractivity (Wildman–Crippen MR) is 81.4 cm³/mol.